The summed E-state index contributed by atoms with van der Waals surface area (Å²) in [4.78, 5) is 14.8. The van der Waals surface area contributed by atoms with Gasteiger partial charge in [-0.15, -0.1) is 0 Å². The van der Waals surface area contributed by atoms with Crippen LogP contribution in [0.5, 0.6) is 5.75 Å². The van der Waals surface area contributed by atoms with Gasteiger partial charge >= 0.3 is 6.09 Å². The van der Waals surface area contributed by atoms with E-state index in [1.165, 1.54) is 44.9 Å². The summed E-state index contributed by atoms with van der Waals surface area (Å²) in [6.07, 6.45) is 12.6. The predicted octanol–water partition coefficient (Wildman–Crippen LogP) is 6.48. The van der Waals surface area contributed by atoms with Gasteiger partial charge in [0.1, 0.15) is 11.9 Å². The van der Waals surface area contributed by atoms with Gasteiger partial charge in [0, 0.05) is 12.5 Å². The van der Waals surface area contributed by atoms with Crippen LogP contribution < -0.4 is 10.1 Å². The zero-order valence-electron chi connectivity index (χ0n) is 19.3. The maximum atomic E-state index is 12.7. The molecule has 0 aliphatic heterocycles. The van der Waals surface area contributed by atoms with Crippen molar-refractivity contribution in [3.63, 3.8) is 0 Å². The molecule has 2 atom stereocenters. The third kappa shape index (κ3) is 9.38. The monoisotopic (exact) mass is 418 g/mol. The van der Waals surface area contributed by atoms with E-state index in [9.17, 15) is 4.79 Å². The number of benzene rings is 1. The molecule has 1 aromatic carbocycles. The molecule has 1 aromatic rings. The second-order valence-electron chi connectivity index (χ2n) is 8.84. The van der Waals surface area contributed by atoms with Crippen LogP contribution in [0.1, 0.15) is 77.6 Å². The zero-order valence-corrected chi connectivity index (χ0v) is 19.3. The molecule has 0 heterocycles. The molecule has 0 spiro atoms. The first kappa shape index (κ1) is 24.5. The minimum absolute atomic E-state index is 0.0221. The predicted molar refractivity (Wildman–Crippen MR) is 124 cm³/mol. The van der Waals surface area contributed by atoms with Gasteiger partial charge in [-0.05, 0) is 51.9 Å². The second-order valence-corrected chi connectivity index (χ2v) is 8.84. The summed E-state index contributed by atoms with van der Waals surface area (Å²) in [6, 6.07) is 7.63. The van der Waals surface area contributed by atoms with Crippen LogP contribution in [0.15, 0.2) is 24.3 Å². The Morgan fingerprint density at radius 2 is 1.77 bits per heavy atom. The number of anilines is 1. The van der Waals surface area contributed by atoms with Crippen molar-refractivity contribution in [2.24, 2.45) is 5.92 Å². The largest absolute Gasteiger partial charge is 0.491 e. The van der Waals surface area contributed by atoms with Crippen LogP contribution in [-0.2, 0) is 4.74 Å². The Bertz CT molecular complexity index is 606. The lowest BCUT2D eigenvalue weighted by Crippen LogP contribution is -2.34. The lowest BCUT2D eigenvalue weighted by molar-refractivity contribution is 0.0569. The van der Waals surface area contributed by atoms with Gasteiger partial charge in [0.25, 0.3) is 0 Å². The molecule has 0 unspecified atom stereocenters. The summed E-state index contributed by atoms with van der Waals surface area (Å²) in [5, 5.41) is 2.92. The van der Waals surface area contributed by atoms with E-state index in [1.54, 1.807) is 0 Å². The molecule has 5 nitrogen and oxygen atoms in total. The third-order valence-corrected chi connectivity index (χ3v) is 5.83. The maximum Gasteiger partial charge on any atom is 0.412 e. The Morgan fingerprint density at radius 3 is 2.57 bits per heavy atom. The molecule has 2 rings (SSSR count). The molecule has 170 valence electrons. The average Bonchev–Trinajstić information content (AvgIpc) is 2.93. The normalized spacial score (nSPS) is 19.3. The van der Waals surface area contributed by atoms with Crippen LogP contribution in [0.2, 0.25) is 0 Å². The molecule has 1 saturated carbocycles. The number of nitrogens with zero attached hydrogens (tertiary/aromatic N) is 1. The highest BCUT2D eigenvalue weighted by molar-refractivity contribution is 5.86. The van der Waals surface area contributed by atoms with E-state index in [4.69, 9.17) is 9.47 Å². The number of carbonyl (C=O) groups excluding carboxylic acids is 1. The van der Waals surface area contributed by atoms with Crippen molar-refractivity contribution in [1.29, 1.82) is 0 Å². The van der Waals surface area contributed by atoms with E-state index < -0.39 is 0 Å². The van der Waals surface area contributed by atoms with Crippen LogP contribution >= 0.6 is 0 Å². The number of amides is 1. The molecule has 1 amide bonds. The first-order valence-corrected chi connectivity index (χ1v) is 11.9. The van der Waals surface area contributed by atoms with Gasteiger partial charge in [-0.2, -0.15) is 0 Å². The van der Waals surface area contributed by atoms with Crippen LogP contribution in [0.3, 0.4) is 0 Å². The smallest absolute Gasteiger partial charge is 0.412 e. The Morgan fingerprint density at radius 1 is 1.03 bits per heavy atom. The van der Waals surface area contributed by atoms with Gasteiger partial charge in [-0.3, -0.25) is 5.32 Å². The van der Waals surface area contributed by atoms with Gasteiger partial charge in [-0.25, -0.2) is 4.79 Å². The molecule has 0 bridgehead atoms. The van der Waals surface area contributed by atoms with Crippen molar-refractivity contribution in [3.8, 4) is 5.75 Å². The molecule has 30 heavy (non-hydrogen) atoms. The van der Waals surface area contributed by atoms with Crippen molar-refractivity contribution in [3.05, 3.63) is 24.3 Å². The van der Waals surface area contributed by atoms with Crippen molar-refractivity contribution in [2.45, 2.75) is 83.7 Å². The molecule has 1 fully saturated rings. The zero-order chi connectivity index (χ0) is 21.6. The number of para-hydroxylation sites is 2. The SMILES string of the molecule is CCCCCCCCOc1ccccc1NC(=O)O[C@@H]1CCCCC[C@H]1CN(C)C. The maximum absolute atomic E-state index is 12.7. The Kier molecular flexibility index (Phi) is 11.7. The summed E-state index contributed by atoms with van der Waals surface area (Å²) >= 11 is 0. The van der Waals surface area contributed by atoms with Crippen LogP contribution in [0, 0.1) is 5.92 Å². The van der Waals surface area contributed by atoms with Crippen LogP contribution in [0.4, 0.5) is 10.5 Å². The molecule has 1 aliphatic carbocycles. The molecule has 1 N–H and O–H groups in total. The highest BCUT2D eigenvalue weighted by Crippen LogP contribution is 2.28. The quantitative estimate of drug-likeness (QED) is 0.311. The lowest BCUT2D eigenvalue weighted by atomic mass is 9.97. The number of unbranched alkanes of at least 4 members (excludes halogenated alkanes) is 5. The molecule has 5 heteroatoms. The van der Waals surface area contributed by atoms with Gasteiger partial charge in [-0.1, -0.05) is 64.0 Å². The molecule has 0 radical (unpaired) electrons. The standard InChI is InChI=1S/C25H42N2O3/c1-4-5-6-7-8-14-19-29-24-18-13-12-16-22(24)26-25(28)30-23-17-11-9-10-15-21(23)20-27(2)3/h12-13,16,18,21,23H,4-11,14-15,17,19-20H2,1-3H3,(H,26,28)/t21-,23+/m0/s1. The third-order valence-electron chi connectivity index (χ3n) is 5.83. The summed E-state index contributed by atoms with van der Waals surface area (Å²) in [5.74, 6) is 1.11. The van der Waals surface area contributed by atoms with Crippen LogP contribution in [-0.4, -0.2) is 44.3 Å². The second kappa shape index (κ2) is 14.3. The number of carbonyl (C=O) groups is 1. The fraction of sp³-hybridized carbons (Fsp3) is 0.720. The van der Waals surface area contributed by atoms with E-state index >= 15 is 0 Å². The van der Waals surface area contributed by atoms with Crippen molar-refractivity contribution in [1.82, 2.24) is 4.90 Å². The Labute approximate surface area is 183 Å². The number of hydrogen-bond donors (Lipinski definition) is 1. The highest BCUT2D eigenvalue weighted by atomic mass is 16.6. The summed E-state index contributed by atoms with van der Waals surface area (Å²) in [5.41, 5.74) is 0.686. The van der Waals surface area contributed by atoms with Crippen LogP contribution in [0.25, 0.3) is 0 Å². The van der Waals surface area contributed by atoms with E-state index in [1.807, 2.05) is 24.3 Å². The minimum atomic E-state index is -0.374. The van der Waals surface area contributed by atoms with Gasteiger partial charge < -0.3 is 14.4 Å². The van der Waals surface area contributed by atoms with Gasteiger partial charge in [0.05, 0.1) is 12.3 Å². The van der Waals surface area contributed by atoms with Gasteiger partial charge in [0.15, 0.2) is 0 Å². The van der Waals surface area contributed by atoms with E-state index in [2.05, 4.69) is 31.2 Å². The lowest BCUT2D eigenvalue weighted by Gasteiger charge is -2.27. The topological polar surface area (TPSA) is 50.8 Å². The van der Waals surface area contributed by atoms with E-state index in [-0.39, 0.29) is 12.2 Å². The average molecular weight is 419 g/mol. The Hall–Kier alpha value is -1.75. The van der Waals surface area contributed by atoms with Crippen molar-refractivity contribution < 1.29 is 14.3 Å². The number of hydrogen-bond acceptors (Lipinski definition) is 4. The number of nitrogens with one attached hydrogen (secondary N) is 1. The molecular weight excluding hydrogens is 376 g/mol. The molecule has 0 aromatic heterocycles. The fourth-order valence-corrected chi connectivity index (χ4v) is 4.22. The molecule has 0 saturated heterocycles. The summed E-state index contributed by atoms with van der Waals surface area (Å²) in [6.45, 7) is 3.86. The van der Waals surface area contributed by atoms with Crippen molar-refractivity contribution >= 4 is 11.8 Å². The molecule has 1 aliphatic rings. The fourth-order valence-electron chi connectivity index (χ4n) is 4.22. The summed E-state index contributed by atoms with van der Waals surface area (Å²) in [7, 11) is 4.17. The van der Waals surface area contributed by atoms with E-state index in [0.29, 0.717) is 24.0 Å². The van der Waals surface area contributed by atoms with Crippen molar-refractivity contribution in [2.75, 3.05) is 32.6 Å². The van der Waals surface area contributed by atoms with Gasteiger partial charge in [0.2, 0.25) is 0 Å². The highest BCUT2D eigenvalue weighted by Gasteiger charge is 2.27. The Balaban J connectivity index is 1.83. The summed E-state index contributed by atoms with van der Waals surface area (Å²) < 4.78 is 11.8. The first-order chi connectivity index (χ1) is 14.6. The number of ether oxygens (including phenoxy) is 2. The minimum Gasteiger partial charge on any atom is -0.491 e. The first-order valence-electron chi connectivity index (χ1n) is 11.9. The number of rotatable bonds is 12. The molecular formula is C25H42N2O3. The van der Waals surface area contributed by atoms with E-state index in [0.717, 1.165) is 32.2 Å².